The number of methoxy groups -OCH3 is 1. The van der Waals surface area contributed by atoms with Crippen molar-refractivity contribution in [2.75, 3.05) is 7.11 Å². The predicted molar refractivity (Wildman–Crippen MR) is 84.2 cm³/mol. The highest BCUT2D eigenvalue weighted by Crippen LogP contribution is 2.36. The molecule has 1 aliphatic heterocycles. The van der Waals surface area contributed by atoms with E-state index < -0.39 is 5.97 Å². The van der Waals surface area contributed by atoms with Gasteiger partial charge in [0.15, 0.2) is 0 Å². The monoisotopic (exact) mass is 293 g/mol. The molecule has 4 heteroatoms. The molecule has 2 aliphatic rings. The van der Waals surface area contributed by atoms with E-state index in [1.807, 2.05) is 54.6 Å². The van der Waals surface area contributed by atoms with Crippen LogP contribution in [-0.4, -0.2) is 24.7 Å². The number of dihydropyridines is 1. The largest absolute Gasteiger partial charge is 0.469 e. The van der Waals surface area contributed by atoms with Gasteiger partial charge in [0.05, 0.1) is 19.2 Å². The van der Waals surface area contributed by atoms with Gasteiger partial charge in [-0.25, -0.2) is 4.99 Å². The predicted octanol–water partition coefficient (Wildman–Crippen LogP) is 2.73. The lowest BCUT2D eigenvalue weighted by Crippen LogP contribution is -2.25. The van der Waals surface area contributed by atoms with Crippen LogP contribution in [0.15, 0.2) is 65.2 Å². The fraction of sp³-hybridized carbons (Fsp3) is 0.167. The summed E-state index contributed by atoms with van der Waals surface area (Å²) in [6.07, 6.45) is 7.55. The lowest BCUT2D eigenvalue weighted by molar-refractivity contribution is -0.140. The second-order valence-electron chi connectivity index (χ2n) is 5.07. The van der Waals surface area contributed by atoms with Gasteiger partial charge in [-0.2, -0.15) is 0 Å². The maximum atomic E-state index is 12.4. The van der Waals surface area contributed by atoms with Crippen molar-refractivity contribution in [3.63, 3.8) is 0 Å². The molecular weight excluding hydrogens is 278 g/mol. The van der Waals surface area contributed by atoms with Gasteiger partial charge in [-0.3, -0.25) is 9.59 Å². The van der Waals surface area contributed by atoms with Crippen LogP contribution in [0, 0.1) is 5.92 Å². The first-order valence-electron chi connectivity index (χ1n) is 7.03. The average Bonchev–Trinajstić information content (AvgIpc) is 2.56. The van der Waals surface area contributed by atoms with Crippen LogP contribution < -0.4 is 0 Å². The van der Waals surface area contributed by atoms with Gasteiger partial charge in [-0.1, -0.05) is 48.6 Å². The molecule has 0 radical (unpaired) electrons. The third-order valence-electron chi connectivity index (χ3n) is 3.76. The zero-order chi connectivity index (χ0) is 15.5. The minimum absolute atomic E-state index is 0.0651. The lowest BCUT2D eigenvalue weighted by atomic mass is 9.80. The molecular formula is C18H15NO3. The summed E-state index contributed by atoms with van der Waals surface area (Å²) in [6.45, 7) is 0. The van der Waals surface area contributed by atoms with E-state index in [-0.39, 0.29) is 18.2 Å². The normalized spacial score (nSPS) is 19.8. The Hall–Kier alpha value is -2.75. The van der Waals surface area contributed by atoms with Crippen LogP contribution in [-0.2, 0) is 14.3 Å². The van der Waals surface area contributed by atoms with Gasteiger partial charge >= 0.3 is 5.97 Å². The van der Waals surface area contributed by atoms with Gasteiger partial charge in [0.25, 0.3) is 5.91 Å². The molecule has 0 spiro atoms. The Kier molecular flexibility index (Phi) is 3.83. The van der Waals surface area contributed by atoms with Crippen LogP contribution in [0.2, 0.25) is 0 Å². The van der Waals surface area contributed by atoms with E-state index >= 15 is 0 Å². The number of carbonyl (C=O) groups is 2. The van der Waals surface area contributed by atoms with E-state index in [2.05, 4.69) is 4.99 Å². The Balaban J connectivity index is 2.15. The third kappa shape index (κ3) is 2.55. The third-order valence-corrected chi connectivity index (χ3v) is 3.76. The van der Waals surface area contributed by atoms with Crippen LogP contribution in [0.3, 0.4) is 0 Å². The quantitative estimate of drug-likeness (QED) is 0.805. The molecule has 1 atom stereocenters. The van der Waals surface area contributed by atoms with Gasteiger partial charge in [0.2, 0.25) is 0 Å². The number of nitrogens with zero attached hydrogens (tertiary/aromatic N) is 1. The maximum absolute atomic E-state index is 12.4. The fourth-order valence-electron chi connectivity index (χ4n) is 2.73. The lowest BCUT2D eigenvalue weighted by Gasteiger charge is -2.26. The number of fused-ring (bicyclic) bond motifs is 1. The summed E-state index contributed by atoms with van der Waals surface area (Å²) < 4.78 is 4.72. The average molecular weight is 293 g/mol. The van der Waals surface area contributed by atoms with Crippen molar-refractivity contribution in [1.82, 2.24) is 0 Å². The van der Waals surface area contributed by atoms with Crippen LogP contribution in [0.5, 0.6) is 0 Å². The number of benzene rings is 1. The molecule has 1 amide bonds. The minimum atomic E-state index is -0.439. The van der Waals surface area contributed by atoms with E-state index in [0.717, 1.165) is 11.1 Å². The Morgan fingerprint density at radius 2 is 2.00 bits per heavy atom. The molecule has 1 aliphatic carbocycles. The molecule has 0 saturated heterocycles. The Morgan fingerprint density at radius 1 is 1.23 bits per heavy atom. The molecule has 0 N–H and O–H groups in total. The summed E-state index contributed by atoms with van der Waals surface area (Å²) in [5.74, 6) is -0.911. The molecule has 4 nitrogen and oxygen atoms in total. The second-order valence-corrected chi connectivity index (χ2v) is 5.07. The summed E-state index contributed by atoms with van der Waals surface area (Å²) in [4.78, 5) is 28.2. The van der Waals surface area contributed by atoms with E-state index in [4.69, 9.17) is 4.74 Å². The molecule has 0 saturated carbocycles. The van der Waals surface area contributed by atoms with Crippen molar-refractivity contribution in [2.24, 2.45) is 10.9 Å². The molecule has 1 heterocycles. The first kappa shape index (κ1) is 14.2. The number of carbonyl (C=O) groups excluding carboxylic acids is 2. The van der Waals surface area contributed by atoms with Gasteiger partial charge < -0.3 is 4.74 Å². The Labute approximate surface area is 128 Å². The minimum Gasteiger partial charge on any atom is -0.469 e. The Bertz CT molecular complexity index is 739. The number of ether oxygens (including phenoxy) is 1. The smallest absolute Gasteiger partial charge is 0.310 e. The number of esters is 1. The van der Waals surface area contributed by atoms with E-state index in [0.29, 0.717) is 11.3 Å². The van der Waals surface area contributed by atoms with Gasteiger partial charge in [0.1, 0.15) is 0 Å². The first-order valence-corrected chi connectivity index (χ1v) is 7.03. The van der Waals surface area contributed by atoms with Crippen LogP contribution in [0.25, 0.3) is 5.57 Å². The molecule has 22 heavy (non-hydrogen) atoms. The van der Waals surface area contributed by atoms with Crippen molar-refractivity contribution in [2.45, 2.75) is 6.42 Å². The van der Waals surface area contributed by atoms with Crippen molar-refractivity contribution in [3.05, 3.63) is 65.8 Å². The summed E-state index contributed by atoms with van der Waals surface area (Å²) in [7, 11) is 1.32. The van der Waals surface area contributed by atoms with Gasteiger partial charge in [0, 0.05) is 11.5 Å². The number of allylic oxidation sites excluding steroid dienone is 5. The molecule has 0 bridgehead atoms. The second kappa shape index (κ2) is 5.93. The highest BCUT2D eigenvalue weighted by molar-refractivity contribution is 6.21. The summed E-state index contributed by atoms with van der Waals surface area (Å²) in [6, 6.07) is 9.62. The Morgan fingerprint density at radius 3 is 2.73 bits per heavy atom. The summed E-state index contributed by atoms with van der Waals surface area (Å²) in [5, 5.41) is 0. The highest BCUT2D eigenvalue weighted by atomic mass is 16.5. The van der Waals surface area contributed by atoms with Crippen LogP contribution >= 0.6 is 0 Å². The standard InChI is InChI=1S/C18H15NO3/c1-22-16(20)11-14-17(12-7-3-2-4-8-12)13-9-5-6-10-15(13)19-18(14)21/h2-10,13H,11H2,1H3. The molecule has 0 fully saturated rings. The van der Waals surface area contributed by atoms with Crippen molar-refractivity contribution >= 4 is 23.2 Å². The molecule has 3 rings (SSSR count). The topological polar surface area (TPSA) is 55.7 Å². The van der Waals surface area contributed by atoms with Gasteiger partial charge in [-0.15, -0.1) is 0 Å². The highest BCUT2D eigenvalue weighted by Gasteiger charge is 2.31. The molecule has 110 valence electrons. The number of aliphatic imine (C=N–C) groups is 1. The number of hydrogen-bond acceptors (Lipinski definition) is 3. The number of hydrogen-bond donors (Lipinski definition) is 0. The summed E-state index contributed by atoms with van der Waals surface area (Å²) in [5.41, 5.74) is 2.88. The number of rotatable bonds is 3. The zero-order valence-corrected chi connectivity index (χ0v) is 12.2. The van der Waals surface area contributed by atoms with E-state index in [9.17, 15) is 9.59 Å². The van der Waals surface area contributed by atoms with Crippen LogP contribution in [0.1, 0.15) is 12.0 Å². The SMILES string of the molecule is COC(=O)CC1=C(c2ccccc2)C2C=CC=CC2=NC1=O. The van der Waals surface area contributed by atoms with Crippen molar-refractivity contribution in [3.8, 4) is 0 Å². The van der Waals surface area contributed by atoms with Crippen LogP contribution in [0.4, 0.5) is 0 Å². The van der Waals surface area contributed by atoms with E-state index in [1.165, 1.54) is 7.11 Å². The van der Waals surface area contributed by atoms with E-state index in [1.54, 1.807) is 0 Å². The maximum Gasteiger partial charge on any atom is 0.310 e. The van der Waals surface area contributed by atoms with Gasteiger partial charge in [-0.05, 0) is 17.2 Å². The number of amides is 1. The molecule has 1 aromatic rings. The molecule has 1 unspecified atom stereocenters. The van der Waals surface area contributed by atoms with Crippen molar-refractivity contribution in [1.29, 1.82) is 0 Å². The molecule has 0 aromatic heterocycles. The zero-order valence-electron chi connectivity index (χ0n) is 12.2. The molecule has 1 aromatic carbocycles. The van der Waals surface area contributed by atoms with Crippen molar-refractivity contribution < 1.29 is 14.3 Å². The summed E-state index contributed by atoms with van der Waals surface area (Å²) >= 11 is 0. The first-order chi connectivity index (χ1) is 10.7. The fourth-order valence-corrected chi connectivity index (χ4v) is 2.73.